The van der Waals surface area contributed by atoms with Gasteiger partial charge in [0.25, 0.3) is 0 Å². The van der Waals surface area contributed by atoms with Gasteiger partial charge in [-0.2, -0.15) is 0 Å². The highest BCUT2D eigenvalue weighted by molar-refractivity contribution is 7.45. The van der Waals surface area contributed by atoms with E-state index in [1.54, 1.807) is 0 Å². The summed E-state index contributed by atoms with van der Waals surface area (Å²) in [6.45, 7) is 8.01. The molecular formula is C18H39N2O4P. The van der Waals surface area contributed by atoms with Gasteiger partial charge in [-0.3, -0.25) is 0 Å². The highest BCUT2D eigenvalue weighted by Crippen LogP contribution is 2.25. The fraction of sp³-hybridized carbons (Fsp3) is 0.889. The summed E-state index contributed by atoms with van der Waals surface area (Å²) >= 11 is 0. The van der Waals surface area contributed by atoms with Crippen LogP contribution in [0.3, 0.4) is 0 Å². The zero-order valence-electron chi connectivity index (χ0n) is 16.5. The molecule has 1 heterocycles. The van der Waals surface area contributed by atoms with Crippen molar-refractivity contribution in [1.29, 1.82) is 0 Å². The molecule has 1 atom stereocenters. The first-order valence-electron chi connectivity index (χ1n) is 9.62. The molecular weight excluding hydrogens is 339 g/mol. The SMILES string of the molecule is CCCCCCCCCCCCN1C=C(C)N(C)C1C.O=P(O)(O)O. The Kier molecular flexibility index (Phi) is 13.3. The molecule has 0 aromatic rings. The summed E-state index contributed by atoms with van der Waals surface area (Å²) in [6.07, 6.45) is 17.1. The second kappa shape index (κ2) is 13.6. The Labute approximate surface area is 154 Å². The van der Waals surface area contributed by atoms with Gasteiger partial charge in [0.05, 0.1) is 6.17 Å². The lowest BCUT2D eigenvalue weighted by Crippen LogP contribution is -2.34. The Morgan fingerprint density at radius 3 is 1.72 bits per heavy atom. The monoisotopic (exact) mass is 378 g/mol. The van der Waals surface area contributed by atoms with E-state index in [9.17, 15) is 0 Å². The summed E-state index contributed by atoms with van der Waals surface area (Å²) < 4.78 is 8.88. The van der Waals surface area contributed by atoms with Gasteiger partial charge in [0, 0.05) is 25.5 Å². The lowest BCUT2D eigenvalue weighted by Gasteiger charge is -2.27. The third-order valence-corrected chi connectivity index (χ3v) is 4.72. The highest BCUT2D eigenvalue weighted by Gasteiger charge is 2.21. The summed E-state index contributed by atoms with van der Waals surface area (Å²) in [5.74, 6) is 0. The molecule has 25 heavy (non-hydrogen) atoms. The van der Waals surface area contributed by atoms with E-state index >= 15 is 0 Å². The fourth-order valence-electron chi connectivity index (χ4n) is 2.99. The Hall–Kier alpha value is -0.550. The number of hydrogen-bond acceptors (Lipinski definition) is 3. The van der Waals surface area contributed by atoms with Gasteiger partial charge in [0.15, 0.2) is 0 Å². The van der Waals surface area contributed by atoms with Crippen molar-refractivity contribution >= 4 is 7.82 Å². The Morgan fingerprint density at radius 1 is 0.960 bits per heavy atom. The largest absolute Gasteiger partial charge is 0.466 e. The minimum absolute atomic E-state index is 0.550. The van der Waals surface area contributed by atoms with Gasteiger partial charge in [-0.15, -0.1) is 0 Å². The van der Waals surface area contributed by atoms with E-state index in [1.165, 1.54) is 76.5 Å². The number of unbranched alkanes of at least 4 members (excludes halogenated alkanes) is 9. The first-order chi connectivity index (χ1) is 11.7. The average molecular weight is 378 g/mol. The molecule has 3 N–H and O–H groups in total. The van der Waals surface area contributed by atoms with Crippen LogP contribution in [0.5, 0.6) is 0 Å². The molecule has 0 aliphatic carbocycles. The summed E-state index contributed by atoms with van der Waals surface area (Å²) in [6, 6.07) is 0. The van der Waals surface area contributed by atoms with Gasteiger partial charge >= 0.3 is 7.82 Å². The predicted octanol–water partition coefficient (Wildman–Crippen LogP) is 4.43. The molecule has 7 heteroatoms. The molecule has 1 aliphatic rings. The van der Waals surface area contributed by atoms with Crippen molar-refractivity contribution in [2.45, 2.75) is 91.1 Å². The molecule has 0 spiro atoms. The van der Waals surface area contributed by atoms with E-state index in [1.807, 2.05) is 0 Å². The van der Waals surface area contributed by atoms with Gasteiger partial charge in [-0.05, 0) is 20.3 Å². The van der Waals surface area contributed by atoms with Crippen LogP contribution in [0.4, 0.5) is 0 Å². The Morgan fingerprint density at radius 2 is 1.36 bits per heavy atom. The van der Waals surface area contributed by atoms with Crippen LogP contribution in [0, 0.1) is 0 Å². The zero-order chi connectivity index (χ0) is 19.3. The first-order valence-corrected chi connectivity index (χ1v) is 11.2. The summed E-state index contributed by atoms with van der Waals surface area (Å²) in [4.78, 5) is 26.4. The predicted molar refractivity (Wildman–Crippen MR) is 104 cm³/mol. The molecule has 0 saturated heterocycles. The maximum absolute atomic E-state index is 8.88. The number of phosphoric acid groups is 1. The topological polar surface area (TPSA) is 84.2 Å². The van der Waals surface area contributed by atoms with Crippen molar-refractivity contribution in [1.82, 2.24) is 9.80 Å². The van der Waals surface area contributed by atoms with Crippen LogP contribution < -0.4 is 0 Å². The number of nitrogens with zero attached hydrogens (tertiary/aromatic N) is 2. The molecule has 1 aliphatic heterocycles. The second-order valence-corrected chi connectivity index (χ2v) is 7.97. The van der Waals surface area contributed by atoms with Crippen LogP contribution in [-0.4, -0.2) is 44.2 Å². The van der Waals surface area contributed by atoms with Gasteiger partial charge in [0.2, 0.25) is 0 Å². The Balaban J connectivity index is 0.00000101. The smallest absolute Gasteiger partial charge is 0.357 e. The van der Waals surface area contributed by atoms with Crippen molar-refractivity contribution in [3.8, 4) is 0 Å². The molecule has 1 unspecified atom stereocenters. The summed E-state index contributed by atoms with van der Waals surface area (Å²) in [5, 5.41) is 0. The van der Waals surface area contributed by atoms with Crippen LogP contribution in [-0.2, 0) is 4.57 Å². The van der Waals surface area contributed by atoms with Crippen molar-refractivity contribution in [3.63, 3.8) is 0 Å². The van der Waals surface area contributed by atoms with Crippen molar-refractivity contribution in [2.24, 2.45) is 0 Å². The molecule has 0 bridgehead atoms. The molecule has 150 valence electrons. The van der Waals surface area contributed by atoms with Gasteiger partial charge in [-0.1, -0.05) is 64.7 Å². The normalized spacial score (nSPS) is 17.4. The van der Waals surface area contributed by atoms with Crippen molar-refractivity contribution in [2.75, 3.05) is 13.6 Å². The van der Waals surface area contributed by atoms with Crippen LogP contribution in [0.25, 0.3) is 0 Å². The van der Waals surface area contributed by atoms with E-state index in [2.05, 4.69) is 43.8 Å². The number of rotatable bonds is 11. The lowest BCUT2D eigenvalue weighted by atomic mass is 10.1. The first kappa shape index (κ1) is 24.5. The second-order valence-electron chi connectivity index (χ2n) is 6.95. The maximum atomic E-state index is 8.88. The third kappa shape index (κ3) is 14.3. The van der Waals surface area contributed by atoms with Gasteiger partial charge in [0.1, 0.15) is 0 Å². The molecule has 0 aromatic heterocycles. The molecule has 0 saturated carbocycles. The number of allylic oxidation sites excluding steroid dienone is 1. The summed E-state index contributed by atoms with van der Waals surface area (Å²) in [5.41, 5.74) is 1.39. The van der Waals surface area contributed by atoms with E-state index in [0.29, 0.717) is 6.17 Å². The van der Waals surface area contributed by atoms with Crippen LogP contribution in [0.15, 0.2) is 11.9 Å². The van der Waals surface area contributed by atoms with Crippen LogP contribution >= 0.6 is 7.82 Å². The zero-order valence-corrected chi connectivity index (χ0v) is 17.4. The summed E-state index contributed by atoms with van der Waals surface area (Å²) in [7, 11) is -2.45. The average Bonchev–Trinajstić information content (AvgIpc) is 2.75. The van der Waals surface area contributed by atoms with E-state index in [0.717, 1.165) is 0 Å². The quantitative estimate of drug-likeness (QED) is 0.364. The molecule has 6 nitrogen and oxygen atoms in total. The van der Waals surface area contributed by atoms with E-state index in [-0.39, 0.29) is 0 Å². The molecule has 0 fully saturated rings. The molecule has 1 rings (SSSR count). The van der Waals surface area contributed by atoms with Crippen LogP contribution in [0.2, 0.25) is 0 Å². The highest BCUT2D eigenvalue weighted by atomic mass is 31.2. The Bertz CT molecular complexity index is 404. The lowest BCUT2D eigenvalue weighted by molar-refractivity contribution is 0.185. The maximum Gasteiger partial charge on any atom is 0.466 e. The van der Waals surface area contributed by atoms with E-state index < -0.39 is 7.82 Å². The fourth-order valence-corrected chi connectivity index (χ4v) is 2.99. The van der Waals surface area contributed by atoms with E-state index in [4.69, 9.17) is 19.2 Å². The molecule has 0 aromatic carbocycles. The third-order valence-electron chi connectivity index (χ3n) is 4.72. The minimum atomic E-state index is -4.64. The molecule has 0 radical (unpaired) electrons. The molecule has 0 amide bonds. The van der Waals surface area contributed by atoms with Gasteiger partial charge < -0.3 is 24.5 Å². The van der Waals surface area contributed by atoms with Crippen molar-refractivity contribution in [3.05, 3.63) is 11.9 Å². The standard InChI is InChI=1S/C18H36N2.H3O4P/c1-5-6-7-8-9-10-11-12-13-14-15-20-16-17(2)19(4)18(20)3;1-5(2,3)4/h16,18H,5-15H2,1-4H3;(H3,1,2,3,4). The van der Waals surface area contributed by atoms with Crippen molar-refractivity contribution < 1.29 is 19.2 Å². The van der Waals surface area contributed by atoms with Crippen LogP contribution in [0.1, 0.15) is 85.0 Å². The minimum Gasteiger partial charge on any atom is -0.357 e. The van der Waals surface area contributed by atoms with Gasteiger partial charge in [-0.25, -0.2) is 4.57 Å². The number of hydrogen-bond donors (Lipinski definition) is 3.